The van der Waals surface area contributed by atoms with Crippen LogP contribution in [0.4, 0.5) is 5.95 Å². The highest BCUT2D eigenvalue weighted by atomic mass is 16.2. The van der Waals surface area contributed by atoms with Crippen LogP contribution in [-0.2, 0) is 17.9 Å². The molecule has 0 unspecified atom stereocenters. The standard InChI is InChI=1S/C24H28N10O/c1-15-4-3-5-19-22(15)30-31-34(19)20-10-11-25-24(27-20)26-18-8-6-17(7-9-18)23(35)32-12-13-33-16(2)28-29-21(33)14-32/h3-5,10-11,17-18H,6-9,12-14H2,1-2H3,(H,25,26,27)/t17-,18-. The van der Waals surface area contributed by atoms with Crippen LogP contribution in [0.2, 0.25) is 0 Å². The summed E-state index contributed by atoms with van der Waals surface area (Å²) in [4.78, 5) is 24.2. The molecule has 0 saturated heterocycles. The number of nitrogens with zero attached hydrogens (tertiary/aromatic N) is 9. The lowest BCUT2D eigenvalue weighted by molar-refractivity contribution is -0.138. The molecule has 6 rings (SSSR count). The third kappa shape index (κ3) is 4.00. The first-order chi connectivity index (χ1) is 17.1. The van der Waals surface area contributed by atoms with Crippen LogP contribution in [0.5, 0.6) is 0 Å². The third-order valence-electron chi connectivity index (χ3n) is 7.20. The minimum atomic E-state index is 0.0561. The molecule has 1 aliphatic carbocycles. The number of hydrogen-bond acceptors (Lipinski definition) is 8. The number of aryl methyl sites for hydroxylation is 2. The van der Waals surface area contributed by atoms with Gasteiger partial charge in [-0.2, -0.15) is 9.67 Å². The average molecular weight is 473 g/mol. The molecule has 4 heterocycles. The Bertz CT molecular complexity index is 1380. The van der Waals surface area contributed by atoms with Gasteiger partial charge in [0.25, 0.3) is 0 Å². The van der Waals surface area contributed by atoms with E-state index in [9.17, 15) is 4.79 Å². The molecule has 2 aliphatic rings. The molecule has 1 amide bonds. The van der Waals surface area contributed by atoms with E-state index >= 15 is 0 Å². The van der Waals surface area contributed by atoms with Gasteiger partial charge in [-0.3, -0.25) is 4.79 Å². The summed E-state index contributed by atoms with van der Waals surface area (Å²) in [6, 6.07) is 8.07. The van der Waals surface area contributed by atoms with Crippen LogP contribution in [-0.4, -0.2) is 63.1 Å². The maximum absolute atomic E-state index is 13.1. The highest BCUT2D eigenvalue weighted by Crippen LogP contribution is 2.29. The fourth-order valence-corrected chi connectivity index (χ4v) is 5.20. The molecule has 11 nitrogen and oxygen atoms in total. The Morgan fingerprint density at radius 2 is 1.89 bits per heavy atom. The zero-order valence-electron chi connectivity index (χ0n) is 19.9. The molecule has 0 radical (unpaired) electrons. The molecule has 180 valence electrons. The minimum absolute atomic E-state index is 0.0561. The van der Waals surface area contributed by atoms with Crippen LogP contribution in [0, 0.1) is 19.8 Å². The fourth-order valence-electron chi connectivity index (χ4n) is 5.20. The quantitative estimate of drug-likeness (QED) is 0.481. The van der Waals surface area contributed by atoms with E-state index in [0.717, 1.165) is 67.0 Å². The maximum atomic E-state index is 13.1. The monoisotopic (exact) mass is 472 g/mol. The van der Waals surface area contributed by atoms with E-state index < -0.39 is 0 Å². The number of amides is 1. The van der Waals surface area contributed by atoms with Gasteiger partial charge in [-0.05, 0) is 51.2 Å². The Hall–Kier alpha value is -3.89. The van der Waals surface area contributed by atoms with Gasteiger partial charge in [-0.25, -0.2) is 4.98 Å². The van der Waals surface area contributed by atoms with E-state index in [1.165, 1.54) is 0 Å². The second-order valence-corrected chi connectivity index (χ2v) is 9.45. The second-order valence-electron chi connectivity index (χ2n) is 9.45. The van der Waals surface area contributed by atoms with Crippen LogP contribution in [0.3, 0.4) is 0 Å². The highest BCUT2D eigenvalue weighted by molar-refractivity contribution is 5.79. The molecule has 4 aromatic rings. The van der Waals surface area contributed by atoms with Crippen molar-refractivity contribution in [3.05, 3.63) is 47.7 Å². The number of carbonyl (C=O) groups excluding carboxylic acids is 1. The van der Waals surface area contributed by atoms with Crippen molar-refractivity contribution in [1.29, 1.82) is 0 Å². The normalized spacial score (nSPS) is 20.1. The highest BCUT2D eigenvalue weighted by Gasteiger charge is 2.32. The van der Waals surface area contributed by atoms with E-state index in [1.807, 2.05) is 43.0 Å². The largest absolute Gasteiger partial charge is 0.351 e. The molecule has 35 heavy (non-hydrogen) atoms. The number of nitrogens with one attached hydrogen (secondary N) is 1. The van der Waals surface area contributed by atoms with Gasteiger partial charge in [-0.1, -0.05) is 17.3 Å². The molecule has 0 atom stereocenters. The number of hydrogen-bond donors (Lipinski definition) is 1. The molecule has 1 fully saturated rings. The summed E-state index contributed by atoms with van der Waals surface area (Å²) in [5, 5.41) is 20.4. The zero-order valence-corrected chi connectivity index (χ0v) is 19.9. The third-order valence-corrected chi connectivity index (χ3v) is 7.20. The van der Waals surface area contributed by atoms with Crippen molar-refractivity contribution in [2.24, 2.45) is 5.92 Å². The predicted molar refractivity (Wildman–Crippen MR) is 129 cm³/mol. The lowest BCUT2D eigenvalue weighted by atomic mass is 9.85. The van der Waals surface area contributed by atoms with Crippen molar-refractivity contribution in [2.45, 2.75) is 58.7 Å². The molecule has 1 aliphatic heterocycles. The number of fused-ring (bicyclic) bond motifs is 2. The van der Waals surface area contributed by atoms with Crippen molar-refractivity contribution < 1.29 is 4.79 Å². The summed E-state index contributed by atoms with van der Waals surface area (Å²) in [6.07, 6.45) is 5.24. The van der Waals surface area contributed by atoms with Gasteiger partial charge in [0.1, 0.15) is 11.3 Å². The predicted octanol–water partition coefficient (Wildman–Crippen LogP) is 2.43. The van der Waals surface area contributed by atoms with E-state index in [4.69, 9.17) is 0 Å². The van der Waals surface area contributed by atoms with Crippen LogP contribution in [0.25, 0.3) is 16.9 Å². The lowest BCUT2D eigenvalue weighted by Gasteiger charge is -2.34. The molecule has 1 N–H and O–H groups in total. The summed E-state index contributed by atoms with van der Waals surface area (Å²) in [5.41, 5.74) is 2.86. The average Bonchev–Trinajstić information content (AvgIpc) is 3.49. The van der Waals surface area contributed by atoms with Crippen molar-refractivity contribution in [3.63, 3.8) is 0 Å². The van der Waals surface area contributed by atoms with Crippen LogP contribution >= 0.6 is 0 Å². The summed E-state index contributed by atoms with van der Waals surface area (Å²) in [7, 11) is 0. The topological polar surface area (TPSA) is 120 Å². The van der Waals surface area contributed by atoms with Crippen molar-refractivity contribution in [2.75, 3.05) is 11.9 Å². The molecule has 1 aromatic carbocycles. The Balaban J connectivity index is 1.08. The van der Waals surface area contributed by atoms with Gasteiger partial charge in [0.15, 0.2) is 11.6 Å². The number of aromatic nitrogens is 8. The molecule has 0 bridgehead atoms. The van der Waals surface area contributed by atoms with Crippen molar-refractivity contribution in [3.8, 4) is 5.82 Å². The summed E-state index contributed by atoms with van der Waals surface area (Å²) in [5.74, 6) is 3.33. The fraction of sp³-hybridized carbons (Fsp3) is 0.458. The molecule has 3 aromatic heterocycles. The van der Waals surface area contributed by atoms with E-state index in [-0.39, 0.29) is 17.9 Å². The zero-order chi connectivity index (χ0) is 23.9. The van der Waals surface area contributed by atoms with Crippen molar-refractivity contribution >= 4 is 22.9 Å². The Kier molecular flexibility index (Phi) is 5.39. The lowest BCUT2D eigenvalue weighted by Crippen LogP contribution is -2.43. The summed E-state index contributed by atoms with van der Waals surface area (Å²) >= 11 is 0. The Morgan fingerprint density at radius 1 is 1.03 bits per heavy atom. The number of anilines is 1. The number of rotatable bonds is 4. The number of benzene rings is 1. The van der Waals surface area contributed by atoms with Crippen molar-refractivity contribution in [1.82, 2.24) is 44.6 Å². The summed E-state index contributed by atoms with van der Waals surface area (Å²) < 4.78 is 3.84. The Morgan fingerprint density at radius 3 is 2.74 bits per heavy atom. The summed E-state index contributed by atoms with van der Waals surface area (Å²) in [6.45, 7) is 6.02. The second kappa shape index (κ2) is 8.71. The van der Waals surface area contributed by atoms with Gasteiger partial charge >= 0.3 is 0 Å². The molecular weight excluding hydrogens is 444 g/mol. The van der Waals surface area contributed by atoms with E-state index in [1.54, 1.807) is 10.9 Å². The van der Waals surface area contributed by atoms with E-state index in [2.05, 4.69) is 40.4 Å². The van der Waals surface area contributed by atoms with E-state index in [0.29, 0.717) is 18.3 Å². The first-order valence-electron chi connectivity index (χ1n) is 12.2. The van der Waals surface area contributed by atoms with Gasteiger partial charge in [-0.15, -0.1) is 15.3 Å². The molecule has 0 spiro atoms. The van der Waals surface area contributed by atoms with Crippen LogP contribution in [0.1, 0.15) is 42.9 Å². The smallest absolute Gasteiger partial charge is 0.226 e. The van der Waals surface area contributed by atoms with Crippen LogP contribution in [0.15, 0.2) is 30.5 Å². The van der Waals surface area contributed by atoms with Gasteiger partial charge in [0, 0.05) is 37.3 Å². The SMILES string of the molecule is Cc1cccc2c1nnn2-c1ccnc(N[C@H]2CC[C@H](C(=O)N3CCn4c(C)nnc4C3)CC2)n1. The first-order valence-corrected chi connectivity index (χ1v) is 12.2. The first kappa shape index (κ1) is 21.6. The van der Waals surface area contributed by atoms with Gasteiger partial charge in [0.05, 0.1) is 12.1 Å². The molecule has 1 saturated carbocycles. The molecular formula is C24H28N10O. The van der Waals surface area contributed by atoms with Crippen LogP contribution < -0.4 is 5.32 Å². The number of carbonyl (C=O) groups is 1. The Labute approximate surface area is 202 Å². The molecule has 11 heteroatoms. The van der Waals surface area contributed by atoms with Gasteiger partial charge in [0.2, 0.25) is 11.9 Å². The maximum Gasteiger partial charge on any atom is 0.226 e. The minimum Gasteiger partial charge on any atom is -0.351 e. The van der Waals surface area contributed by atoms with Gasteiger partial charge < -0.3 is 14.8 Å².